The zero-order chi connectivity index (χ0) is 22.1. The molecule has 1 aromatic heterocycles. The number of rotatable bonds is 6. The molecular weight excluding hydrogens is 408 g/mol. The number of benzene rings is 1. The van der Waals surface area contributed by atoms with Gasteiger partial charge in [0.25, 0.3) is 0 Å². The second kappa shape index (κ2) is 8.57. The number of amides is 1. The molecule has 30 heavy (non-hydrogen) atoms. The largest absolute Gasteiger partial charge is 0.486 e. The summed E-state index contributed by atoms with van der Waals surface area (Å²) in [5.74, 6) is 0.683. The topological polar surface area (TPSA) is 70.1 Å². The van der Waals surface area contributed by atoms with Gasteiger partial charge in [0.05, 0.1) is 19.7 Å². The molecular formula is C22H29ClN2O5. The molecule has 0 spiro atoms. The van der Waals surface area contributed by atoms with E-state index >= 15 is 0 Å². The number of ether oxygens (including phenoxy) is 4. The monoisotopic (exact) mass is 436 g/mol. The third-order valence-electron chi connectivity index (χ3n) is 5.06. The summed E-state index contributed by atoms with van der Waals surface area (Å²) >= 11 is 6.18. The van der Waals surface area contributed by atoms with Gasteiger partial charge in [-0.15, -0.1) is 0 Å². The maximum absolute atomic E-state index is 12.1. The number of carbonyl (C=O) groups is 1. The molecule has 1 amide bonds. The van der Waals surface area contributed by atoms with Crippen LogP contribution in [-0.4, -0.2) is 61.6 Å². The number of aromatic nitrogens is 1. The maximum Gasteiger partial charge on any atom is 0.410 e. The van der Waals surface area contributed by atoms with Gasteiger partial charge in [-0.3, -0.25) is 0 Å². The molecule has 1 atom stereocenters. The van der Waals surface area contributed by atoms with E-state index in [4.69, 9.17) is 30.5 Å². The van der Waals surface area contributed by atoms with Crippen molar-refractivity contribution in [3.8, 4) is 5.75 Å². The van der Waals surface area contributed by atoms with Crippen LogP contribution in [0.2, 0.25) is 5.15 Å². The standard InChI is InChI=1S/C22H29ClN2O5/c1-21(2,3)30-20(26)25-11-14(12-25)29-18-8-7-17(22(4,28-6)13-27-5)15-9-19(23)24-10-16(15)18/h7-10,14H,11-13H2,1-6H3. The van der Waals surface area contributed by atoms with Crippen LogP contribution in [0.4, 0.5) is 4.79 Å². The van der Waals surface area contributed by atoms with E-state index in [2.05, 4.69) is 4.98 Å². The number of pyridine rings is 1. The van der Waals surface area contributed by atoms with Gasteiger partial charge in [0.15, 0.2) is 0 Å². The predicted molar refractivity (Wildman–Crippen MR) is 115 cm³/mol. The first-order valence-corrected chi connectivity index (χ1v) is 10.2. The third-order valence-corrected chi connectivity index (χ3v) is 5.27. The summed E-state index contributed by atoms with van der Waals surface area (Å²) in [6.07, 6.45) is 1.26. The molecule has 7 nitrogen and oxygen atoms in total. The van der Waals surface area contributed by atoms with E-state index in [0.29, 0.717) is 30.6 Å². The van der Waals surface area contributed by atoms with Crippen molar-refractivity contribution >= 4 is 28.5 Å². The van der Waals surface area contributed by atoms with Gasteiger partial charge in [-0.1, -0.05) is 17.7 Å². The van der Waals surface area contributed by atoms with Gasteiger partial charge in [-0.2, -0.15) is 0 Å². The van der Waals surface area contributed by atoms with Crippen molar-refractivity contribution in [2.75, 3.05) is 33.9 Å². The fourth-order valence-electron chi connectivity index (χ4n) is 3.44. The van der Waals surface area contributed by atoms with Crippen LogP contribution in [0.15, 0.2) is 24.4 Å². The van der Waals surface area contributed by atoms with Crippen LogP contribution in [0.5, 0.6) is 5.75 Å². The van der Waals surface area contributed by atoms with Crippen LogP contribution >= 0.6 is 11.6 Å². The van der Waals surface area contributed by atoms with Crippen molar-refractivity contribution in [3.63, 3.8) is 0 Å². The number of hydrogen-bond acceptors (Lipinski definition) is 6. The van der Waals surface area contributed by atoms with Crippen molar-refractivity contribution in [1.29, 1.82) is 0 Å². The van der Waals surface area contributed by atoms with Crippen molar-refractivity contribution < 1.29 is 23.7 Å². The highest BCUT2D eigenvalue weighted by atomic mass is 35.5. The molecule has 1 fully saturated rings. The lowest BCUT2D eigenvalue weighted by Crippen LogP contribution is -2.57. The van der Waals surface area contributed by atoms with E-state index in [1.54, 1.807) is 31.4 Å². The molecule has 0 radical (unpaired) electrons. The number of carbonyl (C=O) groups excluding carboxylic acids is 1. The van der Waals surface area contributed by atoms with E-state index in [9.17, 15) is 4.79 Å². The molecule has 8 heteroatoms. The smallest absolute Gasteiger partial charge is 0.410 e. The average molecular weight is 437 g/mol. The molecule has 1 aliphatic rings. The first-order chi connectivity index (χ1) is 14.1. The summed E-state index contributed by atoms with van der Waals surface area (Å²) in [6.45, 7) is 8.83. The Bertz CT molecular complexity index is 924. The zero-order valence-corrected chi connectivity index (χ0v) is 19.1. The number of hydrogen-bond donors (Lipinski definition) is 0. The number of nitrogens with zero attached hydrogens (tertiary/aromatic N) is 2. The van der Waals surface area contributed by atoms with Gasteiger partial charge in [0.1, 0.15) is 28.2 Å². The van der Waals surface area contributed by atoms with Crippen LogP contribution in [0.1, 0.15) is 33.3 Å². The van der Waals surface area contributed by atoms with E-state index in [1.165, 1.54) is 0 Å². The molecule has 164 valence electrons. The van der Waals surface area contributed by atoms with Gasteiger partial charge in [-0.05, 0) is 50.8 Å². The molecule has 1 aromatic carbocycles. The van der Waals surface area contributed by atoms with Crippen LogP contribution in [0, 0.1) is 0 Å². The number of halogens is 1. The summed E-state index contributed by atoms with van der Waals surface area (Å²) < 4.78 is 22.7. The molecule has 0 saturated carbocycles. The Morgan fingerprint density at radius 1 is 1.20 bits per heavy atom. The normalized spacial score (nSPS) is 16.8. The van der Waals surface area contributed by atoms with Gasteiger partial charge in [0.2, 0.25) is 0 Å². The zero-order valence-electron chi connectivity index (χ0n) is 18.3. The minimum absolute atomic E-state index is 0.116. The second-order valence-corrected chi connectivity index (χ2v) is 9.04. The lowest BCUT2D eigenvalue weighted by atomic mass is 9.91. The first kappa shape index (κ1) is 22.6. The van der Waals surface area contributed by atoms with Crippen molar-refractivity contribution in [2.45, 2.75) is 45.0 Å². The van der Waals surface area contributed by atoms with Crippen molar-refractivity contribution in [3.05, 3.63) is 35.1 Å². The second-order valence-electron chi connectivity index (χ2n) is 8.66. The Kier molecular flexibility index (Phi) is 6.45. The van der Waals surface area contributed by atoms with E-state index in [0.717, 1.165) is 16.3 Å². The number of likely N-dealkylation sites (tertiary alicyclic amines) is 1. The molecule has 0 bridgehead atoms. The summed E-state index contributed by atoms with van der Waals surface area (Å²) in [7, 11) is 3.29. The Morgan fingerprint density at radius 3 is 2.50 bits per heavy atom. The highest BCUT2D eigenvalue weighted by molar-refractivity contribution is 6.30. The lowest BCUT2D eigenvalue weighted by molar-refractivity contribution is -0.0545. The number of methoxy groups -OCH3 is 2. The average Bonchev–Trinajstić information content (AvgIpc) is 2.62. The lowest BCUT2D eigenvalue weighted by Gasteiger charge is -2.39. The van der Waals surface area contributed by atoms with Crippen molar-refractivity contribution in [2.24, 2.45) is 0 Å². The molecule has 2 aromatic rings. The molecule has 2 heterocycles. The molecule has 0 aliphatic carbocycles. The molecule has 1 aliphatic heterocycles. The highest BCUT2D eigenvalue weighted by Crippen LogP contribution is 2.37. The fraction of sp³-hybridized carbons (Fsp3) is 0.545. The summed E-state index contributed by atoms with van der Waals surface area (Å²) in [4.78, 5) is 18.0. The van der Waals surface area contributed by atoms with E-state index in [-0.39, 0.29) is 12.2 Å². The summed E-state index contributed by atoms with van der Waals surface area (Å²) in [5, 5.41) is 2.10. The SMILES string of the molecule is COCC(C)(OC)c1ccc(OC2CN(C(=O)OC(C)(C)C)C2)c2cnc(Cl)cc12. The van der Waals surface area contributed by atoms with Crippen LogP contribution in [0.3, 0.4) is 0 Å². The Morgan fingerprint density at radius 2 is 1.90 bits per heavy atom. The molecule has 1 unspecified atom stereocenters. The third kappa shape index (κ3) is 4.79. The summed E-state index contributed by atoms with van der Waals surface area (Å²) in [5.41, 5.74) is -0.237. The van der Waals surface area contributed by atoms with Gasteiger partial charge in [-0.25, -0.2) is 9.78 Å². The Hall–Kier alpha value is -2.09. The van der Waals surface area contributed by atoms with Crippen LogP contribution in [-0.2, 0) is 19.8 Å². The van der Waals surface area contributed by atoms with Crippen LogP contribution in [0.25, 0.3) is 10.8 Å². The van der Waals surface area contributed by atoms with Gasteiger partial charge < -0.3 is 23.8 Å². The molecule has 3 rings (SSSR count). The minimum Gasteiger partial charge on any atom is -0.486 e. The predicted octanol–water partition coefficient (Wildman–Crippen LogP) is 4.39. The minimum atomic E-state index is -0.653. The van der Waals surface area contributed by atoms with Gasteiger partial charge in [0, 0.05) is 25.8 Å². The quantitative estimate of drug-likeness (QED) is 0.625. The Labute approximate surface area is 182 Å². The van der Waals surface area contributed by atoms with Gasteiger partial charge >= 0.3 is 6.09 Å². The van der Waals surface area contributed by atoms with Crippen LogP contribution < -0.4 is 4.74 Å². The maximum atomic E-state index is 12.1. The summed E-state index contributed by atoms with van der Waals surface area (Å²) in [6, 6.07) is 5.66. The Balaban J connectivity index is 1.82. The molecule has 1 saturated heterocycles. The number of fused-ring (bicyclic) bond motifs is 1. The first-order valence-electron chi connectivity index (χ1n) is 9.84. The molecule has 0 N–H and O–H groups in total. The van der Waals surface area contributed by atoms with Crippen molar-refractivity contribution in [1.82, 2.24) is 9.88 Å². The highest BCUT2D eigenvalue weighted by Gasteiger charge is 2.36. The van der Waals surface area contributed by atoms with E-state index < -0.39 is 11.2 Å². The van der Waals surface area contributed by atoms with E-state index in [1.807, 2.05) is 39.8 Å². The fourth-order valence-corrected chi connectivity index (χ4v) is 3.60.